The number of carbonyl (C=O) groups is 1. The van der Waals surface area contributed by atoms with Gasteiger partial charge in [0.05, 0.1) is 5.56 Å². The van der Waals surface area contributed by atoms with Gasteiger partial charge in [-0.1, -0.05) is 47.6 Å². The summed E-state index contributed by atoms with van der Waals surface area (Å²) in [7, 11) is 0. The highest BCUT2D eigenvalue weighted by Crippen LogP contribution is 2.37. The molecule has 22 heavy (non-hydrogen) atoms. The number of aromatic hydroxyl groups is 1. The first kappa shape index (κ1) is 18.5. The number of hydrogen-bond donors (Lipinski definition) is 2. The first-order valence-corrected chi connectivity index (χ1v) is 7.83. The Morgan fingerprint density at radius 2 is 1.41 bits per heavy atom. The van der Waals surface area contributed by atoms with Crippen LogP contribution in [-0.4, -0.2) is 16.6 Å². The van der Waals surface area contributed by atoms with Crippen LogP contribution in [0, 0.1) is 0 Å². The van der Waals surface area contributed by atoms with E-state index in [0.29, 0.717) is 5.56 Å². The average Bonchev–Trinajstić information content (AvgIpc) is 2.23. The molecular weight excluding hydrogens is 274 g/mol. The molecule has 0 saturated carbocycles. The molecule has 2 N–H and O–H groups in total. The van der Waals surface area contributed by atoms with Gasteiger partial charge in [0.15, 0.2) is 0 Å². The maximum Gasteiger partial charge on any atom is 0.255 e. The lowest BCUT2D eigenvalue weighted by molar-refractivity contribution is 0.0916. The molecule has 0 atom stereocenters. The maximum atomic E-state index is 12.6. The molecule has 3 heteroatoms. The van der Waals surface area contributed by atoms with E-state index in [4.69, 9.17) is 0 Å². The summed E-state index contributed by atoms with van der Waals surface area (Å²) in [6, 6.07) is 3.83. The van der Waals surface area contributed by atoms with E-state index >= 15 is 0 Å². The first-order chi connectivity index (χ1) is 9.63. The average molecular weight is 305 g/mol. The zero-order chi connectivity index (χ0) is 17.5. The molecule has 0 aliphatic heterocycles. The summed E-state index contributed by atoms with van der Waals surface area (Å²) in [6.45, 7) is 18.2. The summed E-state index contributed by atoms with van der Waals surface area (Å²) in [5.74, 6) is -0.149. The molecule has 124 valence electrons. The van der Waals surface area contributed by atoms with Gasteiger partial charge in [0, 0.05) is 11.1 Å². The zero-order valence-corrected chi connectivity index (χ0v) is 15.5. The minimum Gasteiger partial charge on any atom is -0.507 e. The van der Waals surface area contributed by atoms with Gasteiger partial charge < -0.3 is 10.4 Å². The van der Waals surface area contributed by atoms with Crippen molar-refractivity contribution in [1.29, 1.82) is 0 Å². The van der Waals surface area contributed by atoms with Gasteiger partial charge in [-0.05, 0) is 43.2 Å². The van der Waals surface area contributed by atoms with Gasteiger partial charge in [-0.3, -0.25) is 4.79 Å². The smallest absolute Gasteiger partial charge is 0.255 e. The minimum atomic E-state index is -0.344. The van der Waals surface area contributed by atoms with Gasteiger partial charge in [0.1, 0.15) is 5.75 Å². The van der Waals surface area contributed by atoms with Crippen LogP contribution in [0.3, 0.4) is 0 Å². The third-order valence-electron chi connectivity index (χ3n) is 3.52. The van der Waals surface area contributed by atoms with Gasteiger partial charge in [-0.25, -0.2) is 0 Å². The van der Waals surface area contributed by atoms with Crippen LogP contribution in [-0.2, 0) is 10.8 Å². The second kappa shape index (κ2) is 5.60. The Morgan fingerprint density at radius 3 is 1.77 bits per heavy atom. The number of phenols is 1. The summed E-state index contributed by atoms with van der Waals surface area (Å²) in [5, 5.41) is 13.6. The van der Waals surface area contributed by atoms with E-state index in [1.807, 2.05) is 53.7 Å². The maximum absolute atomic E-state index is 12.6. The van der Waals surface area contributed by atoms with Crippen molar-refractivity contribution in [3.63, 3.8) is 0 Å². The van der Waals surface area contributed by atoms with Gasteiger partial charge >= 0.3 is 0 Å². The Hall–Kier alpha value is -1.51. The molecule has 0 aliphatic rings. The second-order valence-electron chi connectivity index (χ2n) is 9.12. The standard InChI is InChI=1S/C19H31NO2/c1-17(2,3)12-10-13(16(22)20-19(7,8)9)15(21)14(11-12)18(4,5)6/h10-11,21H,1-9H3,(H,20,22). The number of hydrogen-bond acceptors (Lipinski definition) is 2. The van der Waals surface area contributed by atoms with E-state index in [-0.39, 0.29) is 28.0 Å². The lowest BCUT2D eigenvalue weighted by atomic mass is 9.78. The highest BCUT2D eigenvalue weighted by molar-refractivity contribution is 5.98. The van der Waals surface area contributed by atoms with E-state index in [2.05, 4.69) is 26.1 Å². The van der Waals surface area contributed by atoms with Crippen LogP contribution in [0.5, 0.6) is 5.75 Å². The fourth-order valence-electron chi connectivity index (χ4n) is 2.22. The van der Waals surface area contributed by atoms with E-state index in [9.17, 15) is 9.90 Å². The molecular formula is C19H31NO2. The topological polar surface area (TPSA) is 49.3 Å². The van der Waals surface area contributed by atoms with Crippen molar-refractivity contribution in [2.24, 2.45) is 0 Å². The van der Waals surface area contributed by atoms with Crippen LogP contribution < -0.4 is 5.32 Å². The van der Waals surface area contributed by atoms with E-state index in [1.54, 1.807) is 0 Å². The van der Waals surface area contributed by atoms with Crippen molar-refractivity contribution in [2.45, 2.75) is 78.7 Å². The highest BCUT2D eigenvalue weighted by Gasteiger charge is 2.28. The normalized spacial score (nSPS) is 13.1. The molecule has 0 aromatic heterocycles. The number of amides is 1. The molecule has 0 heterocycles. The predicted octanol–water partition coefficient (Wildman–Crippen LogP) is 4.52. The van der Waals surface area contributed by atoms with Gasteiger partial charge in [0.25, 0.3) is 5.91 Å². The van der Waals surface area contributed by atoms with Crippen molar-refractivity contribution >= 4 is 5.91 Å². The molecule has 1 rings (SSSR count). The fourth-order valence-corrected chi connectivity index (χ4v) is 2.22. The van der Waals surface area contributed by atoms with E-state index < -0.39 is 0 Å². The van der Waals surface area contributed by atoms with Crippen molar-refractivity contribution in [2.75, 3.05) is 0 Å². The number of benzene rings is 1. The van der Waals surface area contributed by atoms with Crippen LogP contribution in [0.25, 0.3) is 0 Å². The van der Waals surface area contributed by atoms with Crippen molar-refractivity contribution in [1.82, 2.24) is 5.32 Å². The summed E-state index contributed by atoms with van der Waals surface area (Å²) >= 11 is 0. The van der Waals surface area contributed by atoms with Crippen molar-refractivity contribution in [3.05, 3.63) is 28.8 Å². The van der Waals surface area contributed by atoms with Crippen LogP contribution in [0.2, 0.25) is 0 Å². The SMILES string of the molecule is CC(C)(C)NC(=O)c1cc(C(C)(C)C)cc(C(C)(C)C)c1O. The molecule has 0 saturated heterocycles. The molecule has 1 aromatic carbocycles. The zero-order valence-electron chi connectivity index (χ0n) is 15.5. The molecule has 3 nitrogen and oxygen atoms in total. The number of carbonyl (C=O) groups excluding carboxylic acids is 1. The summed E-state index contributed by atoms with van der Waals surface area (Å²) in [5.41, 5.74) is 1.54. The van der Waals surface area contributed by atoms with Gasteiger partial charge in [-0.2, -0.15) is 0 Å². The van der Waals surface area contributed by atoms with Crippen LogP contribution in [0.1, 0.15) is 83.8 Å². The fraction of sp³-hybridized carbons (Fsp3) is 0.632. The third kappa shape index (κ3) is 4.49. The number of phenolic OH excluding ortho intramolecular Hbond substituents is 1. The molecule has 0 radical (unpaired) electrons. The van der Waals surface area contributed by atoms with Crippen LogP contribution >= 0.6 is 0 Å². The summed E-state index contributed by atoms with van der Waals surface area (Å²) < 4.78 is 0. The minimum absolute atomic E-state index is 0.0854. The first-order valence-electron chi connectivity index (χ1n) is 7.83. The number of rotatable bonds is 1. The van der Waals surface area contributed by atoms with E-state index in [0.717, 1.165) is 11.1 Å². The molecule has 0 unspecified atom stereocenters. The Balaban J connectivity index is 3.54. The summed E-state index contributed by atoms with van der Waals surface area (Å²) in [4.78, 5) is 12.6. The Morgan fingerprint density at radius 1 is 0.909 bits per heavy atom. The molecule has 1 aromatic rings. The lowest BCUT2D eigenvalue weighted by Gasteiger charge is -2.28. The monoisotopic (exact) mass is 305 g/mol. The Labute approximate surface area is 135 Å². The molecule has 0 bridgehead atoms. The molecule has 0 aliphatic carbocycles. The van der Waals surface area contributed by atoms with Crippen molar-refractivity contribution < 1.29 is 9.90 Å². The lowest BCUT2D eigenvalue weighted by Crippen LogP contribution is -2.40. The summed E-state index contributed by atoms with van der Waals surface area (Å²) in [6.07, 6.45) is 0. The Bertz CT molecular complexity index is 567. The molecule has 0 spiro atoms. The Kier molecular flexibility index (Phi) is 4.72. The quantitative estimate of drug-likeness (QED) is 0.801. The molecule has 0 fully saturated rings. The van der Waals surface area contributed by atoms with Gasteiger partial charge in [0.2, 0.25) is 0 Å². The molecule has 1 amide bonds. The second-order valence-corrected chi connectivity index (χ2v) is 9.12. The van der Waals surface area contributed by atoms with Crippen LogP contribution in [0.4, 0.5) is 0 Å². The highest BCUT2D eigenvalue weighted by atomic mass is 16.3. The number of nitrogens with one attached hydrogen (secondary N) is 1. The van der Waals surface area contributed by atoms with Crippen LogP contribution in [0.15, 0.2) is 12.1 Å². The van der Waals surface area contributed by atoms with E-state index in [1.165, 1.54) is 0 Å². The largest absolute Gasteiger partial charge is 0.507 e. The third-order valence-corrected chi connectivity index (χ3v) is 3.52. The predicted molar refractivity (Wildman–Crippen MR) is 92.7 cm³/mol. The van der Waals surface area contributed by atoms with Gasteiger partial charge in [-0.15, -0.1) is 0 Å². The van der Waals surface area contributed by atoms with Crippen molar-refractivity contribution in [3.8, 4) is 5.75 Å².